The molecule has 2 atom stereocenters. The van der Waals surface area contributed by atoms with E-state index in [2.05, 4.69) is 56.4 Å². The van der Waals surface area contributed by atoms with E-state index in [1.807, 2.05) is 11.3 Å². The first kappa shape index (κ1) is 13.6. The lowest BCUT2D eigenvalue weighted by Gasteiger charge is -2.23. The van der Waals surface area contributed by atoms with Crippen LogP contribution in [0.3, 0.4) is 0 Å². The fourth-order valence-corrected chi connectivity index (χ4v) is 3.85. The van der Waals surface area contributed by atoms with Gasteiger partial charge in [-0.2, -0.15) is 0 Å². The van der Waals surface area contributed by atoms with Crippen molar-refractivity contribution < 1.29 is 0 Å². The minimum atomic E-state index is 0.507. The Morgan fingerprint density at radius 1 is 1.22 bits per heavy atom. The molecule has 0 aliphatic carbocycles. The second kappa shape index (κ2) is 6.35. The minimum absolute atomic E-state index is 0.507. The Bertz CT molecular complexity index is 456. The first-order chi connectivity index (χ1) is 8.76. The molecule has 18 heavy (non-hydrogen) atoms. The van der Waals surface area contributed by atoms with Gasteiger partial charge >= 0.3 is 0 Å². The number of benzene rings is 1. The first-order valence-electron chi connectivity index (χ1n) is 6.98. The second-order valence-corrected chi connectivity index (χ2v) is 6.10. The highest BCUT2D eigenvalue weighted by Gasteiger charge is 2.19. The highest BCUT2D eigenvalue weighted by Crippen LogP contribution is 2.34. The number of nitrogens with one attached hydrogen (secondary N) is 1. The zero-order chi connectivity index (χ0) is 13.0. The van der Waals surface area contributed by atoms with Crippen LogP contribution in [0, 0.1) is 5.92 Å². The lowest BCUT2D eigenvalue weighted by Crippen LogP contribution is -2.26. The molecule has 1 aromatic carbocycles. The number of rotatable bonds is 6. The molecule has 2 aromatic rings. The van der Waals surface area contributed by atoms with Crippen LogP contribution < -0.4 is 5.32 Å². The molecule has 0 saturated carbocycles. The third-order valence-electron chi connectivity index (χ3n) is 3.49. The zero-order valence-corrected chi connectivity index (χ0v) is 12.4. The van der Waals surface area contributed by atoms with Crippen LogP contribution in [0.4, 0.5) is 0 Å². The van der Waals surface area contributed by atoms with Crippen molar-refractivity contribution >= 4 is 21.4 Å². The van der Waals surface area contributed by atoms with Gasteiger partial charge in [0.05, 0.1) is 0 Å². The van der Waals surface area contributed by atoms with E-state index >= 15 is 0 Å². The maximum atomic E-state index is 3.65. The molecular formula is C16H23NS. The molecule has 2 heteroatoms. The average Bonchev–Trinajstić information content (AvgIpc) is 2.79. The summed E-state index contributed by atoms with van der Waals surface area (Å²) in [4.78, 5) is 1.49. The minimum Gasteiger partial charge on any atom is -0.309 e. The molecule has 0 aliphatic rings. The van der Waals surface area contributed by atoms with Gasteiger partial charge in [0.1, 0.15) is 0 Å². The van der Waals surface area contributed by atoms with Gasteiger partial charge in [-0.25, -0.2) is 0 Å². The van der Waals surface area contributed by atoms with Gasteiger partial charge in [-0.1, -0.05) is 45.4 Å². The summed E-state index contributed by atoms with van der Waals surface area (Å²) in [6.45, 7) is 7.86. The van der Waals surface area contributed by atoms with E-state index in [0.29, 0.717) is 12.0 Å². The van der Waals surface area contributed by atoms with Gasteiger partial charge in [0.2, 0.25) is 0 Å². The molecule has 0 fully saturated rings. The van der Waals surface area contributed by atoms with Crippen LogP contribution >= 0.6 is 11.3 Å². The van der Waals surface area contributed by atoms with E-state index in [1.54, 1.807) is 0 Å². The molecule has 1 N–H and O–H groups in total. The largest absolute Gasteiger partial charge is 0.309 e. The maximum absolute atomic E-state index is 3.65. The molecule has 0 amide bonds. The molecule has 98 valence electrons. The summed E-state index contributed by atoms with van der Waals surface area (Å²) in [6.07, 6.45) is 2.54. The van der Waals surface area contributed by atoms with E-state index in [9.17, 15) is 0 Å². The van der Waals surface area contributed by atoms with Gasteiger partial charge in [0.15, 0.2) is 0 Å². The molecule has 1 aromatic heterocycles. The van der Waals surface area contributed by atoms with Crippen molar-refractivity contribution in [3.05, 3.63) is 35.2 Å². The van der Waals surface area contributed by atoms with Crippen molar-refractivity contribution in [3.8, 4) is 0 Å². The number of hydrogen-bond donors (Lipinski definition) is 1. The Labute approximate surface area is 114 Å². The van der Waals surface area contributed by atoms with Crippen LogP contribution in [0.2, 0.25) is 0 Å². The summed E-state index contributed by atoms with van der Waals surface area (Å²) in [5.41, 5.74) is 0. The van der Waals surface area contributed by atoms with Gasteiger partial charge in [0, 0.05) is 15.6 Å². The molecule has 1 heterocycles. The lowest BCUT2D eigenvalue weighted by atomic mass is 9.95. The standard InChI is InChI=1S/C16H23NS/c1-4-8-12(3)16(17-5-2)15-11-13-9-6-7-10-14(13)18-15/h6-7,9-12,16-17H,4-5,8H2,1-3H3. The summed E-state index contributed by atoms with van der Waals surface area (Å²) in [6, 6.07) is 11.5. The highest BCUT2D eigenvalue weighted by atomic mass is 32.1. The van der Waals surface area contributed by atoms with Crippen molar-refractivity contribution in [1.82, 2.24) is 5.32 Å². The summed E-state index contributed by atoms with van der Waals surface area (Å²) in [5, 5.41) is 5.03. The predicted molar refractivity (Wildman–Crippen MR) is 82.3 cm³/mol. The van der Waals surface area contributed by atoms with E-state index in [4.69, 9.17) is 0 Å². The molecule has 2 unspecified atom stereocenters. The molecule has 0 saturated heterocycles. The van der Waals surface area contributed by atoms with E-state index in [0.717, 1.165) is 6.54 Å². The Hall–Kier alpha value is -0.860. The van der Waals surface area contributed by atoms with Crippen LogP contribution in [0.15, 0.2) is 30.3 Å². The van der Waals surface area contributed by atoms with Crippen LogP contribution in [0.5, 0.6) is 0 Å². The van der Waals surface area contributed by atoms with Crippen molar-refractivity contribution in [2.24, 2.45) is 5.92 Å². The van der Waals surface area contributed by atoms with Crippen molar-refractivity contribution in [2.45, 2.75) is 39.7 Å². The average molecular weight is 261 g/mol. The normalized spacial score (nSPS) is 14.8. The molecule has 0 bridgehead atoms. The Kier molecular flexibility index (Phi) is 4.79. The molecule has 0 spiro atoms. The van der Waals surface area contributed by atoms with Gasteiger partial charge in [0.25, 0.3) is 0 Å². The smallest absolute Gasteiger partial charge is 0.0441 e. The summed E-state index contributed by atoms with van der Waals surface area (Å²) >= 11 is 1.94. The van der Waals surface area contributed by atoms with E-state index < -0.39 is 0 Å². The third kappa shape index (κ3) is 2.93. The molecule has 0 aliphatic heterocycles. The molecular weight excluding hydrogens is 238 g/mol. The van der Waals surface area contributed by atoms with Gasteiger partial charge in [-0.15, -0.1) is 11.3 Å². The van der Waals surface area contributed by atoms with Crippen molar-refractivity contribution in [3.63, 3.8) is 0 Å². The summed E-state index contributed by atoms with van der Waals surface area (Å²) in [7, 11) is 0. The van der Waals surface area contributed by atoms with Crippen LogP contribution in [-0.2, 0) is 0 Å². The number of hydrogen-bond acceptors (Lipinski definition) is 2. The summed E-state index contributed by atoms with van der Waals surface area (Å²) in [5.74, 6) is 0.697. The third-order valence-corrected chi connectivity index (χ3v) is 4.69. The zero-order valence-electron chi connectivity index (χ0n) is 11.6. The Morgan fingerprint density at radius 3 is 2.67 bits per heavy atom. The van der Waals surface area contributed by atoms with Crippen LogP contribution in [0.1, 0.15) is 44.5 Å². The van der Waals surface area contributed by atoms with Crippen LogP contribution in [0.25, 0.3) is 10.1 Å². The quantitative estimate of drug-likeness (QED) is 0.772. The second-order valence-electron chi connectivity index (χ2n) is 4.99. The van der Waals surface area contributed by atoms with E-state index in [-0.39, 0.29) is 0 Å². The maximum Gasteiger partial charge on any atom is 0.0441 e. The van der Waals surface area contributed by atoms with Gasteiger partial charge < -0.3 is 5.32 Å². The molecule has 2 rings (SSSR count). The van der Waals surface area contributed by atoms with Gasteiger partial charge in [-0.05, 0) is 36.4 Å². The highest BCUT2D eigenvalue weighted by molar-refractivity contribution is 7.19. The fourth-order valence-electron chi connectivity index (χ4n) is 2.58. The van der Waals surface area contributed by atoms with Gasteiger partial charge in [-0.3, -0.25) is 0 Å². The van der Waals surface area contributed by atoms with Crippen LogP contribution in [-0.4, -0.2) is 6.54 Å². The number of thiophene rings is 1. The van der Waals surface area contributed by atoms with Crippen molar-refractivity contribution in [1.29, 1.82) is 0 Å². The monoisotopic (exact) mass is 261 g/mol. The summed E-state index contributed by atoms with van der Waals surface area (Å²) < 4.78 is 1.40. The predicted octanol–water partition coefficient (Wildman–Crippen LogP) is 4.99. The Morgan fingerprint density at radius 2 is 2.00 bits per heavy atom. The molecule has 1 nitrogen and oxygen atoms in total. The SMILES string of the molecule is CCCC(C)C(NCC)c1cc2ccccc2s1. The topological polar surface area (TPSA) is 12.0 Å². The van der Waals surface area contributed by atoms with E-state index in [1.165, 1.54) is 27.8 Å². The number of fused-ring (bicyclic) bond motifs is 1. The molecule has 0 radical (unpaired) electrons. The fraction of sp³-hybridized carbons (Fsp3) is 0.500. The lowest BCUT2D eigenvalue weighted by molar-refractivity contribution is 0.374. The van der Waals surface area contributed by atoms with Crippen molar-refractivity contribution in [2.75, 3.05) is 6.54 Å². The Balaban J connectivity index is 2.29. The first-order valence-corrected chi connectivity index (χ1v) is 7.79.